The Morgan fingerprint density at radius 1 is 0.702 bits per heavy atom. The number of fused-ring (bicyclic) bond motifs is 2. The van der Waals surface area contributed by atoms with Crippen LogP contribution in [0.2, 0.25) is 0 Å². The molecule has 0 radical (unpaired) electrons. The summed E-state index contributed by atoms with van der Waals surface area (Å²) in [7, 11) is 0. The summed E-state index contributed by atoms with van der Waals surface area (Å²) in [5, 5.41) is 14.9. The zero-order valence-corrected chi connectivity index (χ0v) is 27.0. The molecule has 47 heavy (non-hydrogen) atoms. The number of hydrogen-bond acceptors (Lipinski definition) is 3. The van der Waals surface area contributed by atoms with Gasteiger partial charge >= 0.3 is 5.97 Å². The van der Waals surface area contributed by atoms with Crippen LogP contribution in [0.15, 0.2) is 133 Å². The number of phenols is 1. The number of ether oxygens (including phenoxy) is 1. The number of aromatic amines is 1. The third kappa shape index (κ3) is 5.36. The fourth-order valence-corrected chi connectivity index (χ4v) is 6.69. The van der Waals surface area contributed by atoms with Gasteiger partial charge in [-0.2, -0.15) is 0 Å². The number of rotatable bonds is 7. The minimum atomic E-state index is -0.604. The zero-order chi connectivity index (χ0) is 32.7. The van der Waals surface area contributed by atoms with E-state index in [2.05, 4.69) is 87.3 Å². The molecule has 1 heterocycles. The Hall–Kier alpha value is -5.61. The second-order valence-corrected chi connectivity index (χ2v) is 12.9. The number of nitrogens with one attached hydrogen (secondary N) is 1. The Bertz CT molecular complexity index is 2250. The first-order valence-electron chi connectivity index (χ1n) is 16.1. The van der Waals surface area contributed by atoms with Crippen molar-refractivity contribution in [1.29, 1.82) is 0 Å². The number of benzene rings is 6. The van der Waals surface area contributed by atoms with Crippen LogP contribution in [0.1, 0.15) is 60.8 Å². The van der Waals surface area contributed by atoms with Crippen molar-refractivity contribution in [2.75, 3.05) is 0 Å². The fraction of sp³-hybridized carbons (Fsp3) is 0.140. The van der Waals surface area contributed by atoms with Gasteiger partial charge in [-0.05, 0) is 63.2 Å². The molecule has 0 aliphatic rings. The van der Waals surface area contributed by atoms with E-state index in [0.29, 0.717) is 11.3 Å². The maximum atomic E-state index is 14.1. The number of para-hydroxylation sites is 2. The van der Waals surface area contributed by atoms with Gasteiger partial charge in [-0.15, -0.1) is 0 Å². The fourth-order valence-electron chi connectivity index (χ4n) is 6.69. The van der Waals surface area contributed by atoms with E-state index in [0.717, 1.165) is 55.2 Å². The summed E-state index contributed by atoms with van der Waals surface area (Å²) in [4.78, 5) is 17.8. The minimum Gasteiger partial charge on any atom is -0.506 e. The van der Waals surface area contributed by atoms with E-state index in [1.54, 1.807) is 12.1 Å². The van der Waals surface area contributed by atoms with E-state index in [1.165, 1.54) is 0 Å². The van der Waals surface area contributed by atoms with Crippen molar-refractivity contribution in [3.05, 3.63) is 156 Å². The molecule has 0 unspecified atom stereocenters. The normalized spacial score (nSPS) is 11.8. The quantitative estimate of drug-likeness (QED) is 0.138. The van der Waals surface area contributed by atoms with Crippen molar-refractivity contribution in [2.45, 2.75) is 39.0 Å². The molecule has 0 amide bonds. The molecule has 232 valence electrons. The lowest BCUT2D eigenvalue weighted by molar-refractivity contribution is 0.0730. The summed E-state index contributed by atoms with van der Waals surface area (Å²) < 4.78 is 6.06. The number of hydrogen-bond donors (Lipinski definition) is 2. The van der Waals surface area contributed by atoms with E-state index in [4.69, 9.17) is 4.74 Å². The van der Waals surface area contributed by atoms with Crippen molar-refractivity contribution in [2.24, 2.45) is 0 Å². The van der Waals surface area contributed by atoms with Crippen molar-refractivity contribution in [3.63, 3.8) is 0 Å². The predicted octanol–water partition coefficient (Wildman–Crippen LogP) is 11.0. The number of carbonyl (C=O) groups excluding carboxylic acids is 1. The Morgan fingerprint density at radius 2 is 1.36 bits per heavy atom. The molecule has 0 spiro atoms. The van der Waals surface area contributed by atoms with Crippen molar-refractivity contribution in [3.8, 4) is 33.8 Å². The first-order valence-corrected chi connectivity index (χ1v) is 16.1. The maximum absolute atomic E-state index is 14.1. The smallest absolute Gasteiger partial charge is 0.347 e. The maximum Gasteiger partial charge on any atom is 0.347 e. The Kier molecular flexibility index (Phi) is 7.65. The average molecular weight is 616 g/mol. The van der Waals surface area contributed by atoms with E-state index < -0.39 is 11.4 Å². The largest absolute Gasteiger partial charge is 0.506 e. The molecule has 0 fully saturated rings. The molecule has 0 atom stereocenters. The number of H-pyrrole nitrogens is 1. The molecule has 0 aliphatic carbocycles. The van der Waals surface area contributed by atoms with Gasteiger partial charge in [0.25, 0.3) is 0 Å². The van der Waals surface area contributed by atoms with E-state index in [1.807, 2.05) is 66.7 Å². The third-order valence-corrected chi connectivity index (χ3v) is 9.26. The Morgan fingerprint density at radius 3 is 2.11 bits per heavy atom. The van der Waals surface area contributed by atoms with Gasteiger partial charge in [0.2, 0.25) is 0 Å². The van der Waals surface area contributed by atoms with Gasteiger partial charge in [0.1, 0.15) is 17.1 Å². The molecule has 4 heteroatoms. The number of aromatic hydroxyl groups is 1. The van der Waals surface area contributed by atoms with Crippen molar-refractivity contribution in [1.82, 2.24) is 4.98 Å². The minimum absolute atomic E-state index is 0.105. The average Bonchev–Trinajstić information content (AvgIpc) is 3.49. The van der Waals surface area contributed by atoms with Gasteiger partial charge in [0.15, 0.2) is 0 Å². The second kappa shape index (κ2) is 12.0. The first kappa shape index (κ1) is 30.1. The number of phenolic OH excluding ortho intramolecular Hbond substituents is 1. The van der Waals surface area contributed by atoms with Crippen LogP contribution in [-0.4, -0.2) is 16.1 Å². The van der Waals surface area contributed by atoms with E-state index in [9.17, 15) is 9.90 Å². The molecule has 0 bridgehead atoms. The summed E-state index contributed by atoms with van der Waals surface area (Å²) in [5.74, 6) is -0.0637. The van der Waals surface area contributed by atoms with Gasteiger partial charge in [-0.25, -0.2) is 4.79 Å². The van der Waals surface area contributed by atoms with Crippen LogP contribution in [0.5, 0.6) is 11.5 Å². The number of carbonyl (C=O) groups is 1. The lowest BCUT2D eigenvalue weighted by Crippen LogP contribution is -2.20. The van der Waals surface area contributed by atoms with Crippen molar-refractivity contribution < 1.29 is 14.6 Å². The molecule has 6 aromatic carbocycles. The van der Waals surface area contributed by atoms with Gasteiger partial charge in [-0.1, -0.05) is 137 Å². The molecule has 0 saturated heterocycles. The number of aromatic nitrogens is 1. The summed E-state index contributed by atoms with van der Waals surface area (Å²) in [5.41, 5.74) is 7.15. The van der Waals surface area contributed by atoms with Gasteiger partial charge < -0.3 is 14.8 Å². The van der Waals surface area contributed by atoms with Crippen LogP contribution in [0.3, 0.4) is 0 Å². The monoisotopic (exact) mass is 615 g/mol. The molecular weight excluding hydrogens is 578 g/mol. The molecule has 1 aromatic heterocycles. The first-order chi connectivity index (χ1) is 22.7. The van der Waals surface area contributed by atoms with E-state index >= 15 is 0 Å². The molecular formula is C43H37NO3. The summed E-state index contributed by atoms with van der Waals surface area (Å²) >= 11 is 0. The van der Waals surface area contributed by atoms with E-state index in [-0.39, 0.29) is 17.2 Å². The molecule has 7 aromatic rings. The highest BCUT2D eigenvalue weighted by molar-refractivity contribution is 6.13. The topological polar surface area (TPSA) is 62.3 Å². The molecule has 0 saturated carbocycles. The molecule has 0 aliphatic heterocycles. The van der Waals surface area contributed by atoms with Crippen LogP contribution in [0.4, 0.5) is 0 Å². The van der Waals surface area contributed by atoms with Crippen LogP contribution in [-0.2, 0) is 5.41 Å². The highest BCUT2D eigenvalue weighted by atomic mass is 16.5. The van der Waals surface area contributed by atoms with Gasteiger partial charge in [-0.3, -0.25) is 0 Å². The SMILES string of the molecule is CC(C)c1ccccc1OC(=O)c1cc2cc(-c3ccccc3)ccc2c(-c2c(C(C)(C)c3ccccc3)[nH]c3ccccc23)c1O. The summed E-state index contributed by atoms with van der Waals surface area (Å²) in [6.07, 6.45) is 0. The lowest BCUT2D eigenvalue weighted by Gasteiger charge is -2.27. The predicted molar refractivity (Wildman–Crippen MR) is 192 cm³/mol. The third-order valence-electron chi connectivity index (χ3n) is 9.26. The Labute approximate surface area is 275 Å². The second-order valence-electron chi connectivity index (χ2n) is 12.9. The molecule has 7 rings (SSSR count). The zero-order valence-electron chi connectivity index (χ0n) is 27.0. The summed E-state index contributed by atoms with van der Waals surface area (Å²) in [6.45, 7) is 8.50. The van der Waals surface area contributed by atoms with Crippen LogP contribution >= 0.6 is 0 Å². The standard InChI is InChI=1S/C43H37NO3/c1-27(2)32-19-12-14-22-37(32)47-42(46)35-26-30-25-29(28-15-7-5-8-16-28)23-24-33(30)38(40(35)45)39-34-20-11-13-21-36(34)44-41(39)43(3,4)31-17-9-6-10-18-31/h5-27,44-45H,1-4H3. The van der Waals surface area contributed by atoms with Gasteiger partial charge in [0.05, 0.1) is 0 Å². The van der Waals surface area contributed by atoms with Gasteiger partial charge in [0, 0.05) is 33.1 Å². The summed E-state index contributed by atoms with van der Waals surface area (Å²) in [6, 6.07) is 44.2. The highest BCUT2D eigenvalue weighted by Crippen LogP contribution is 2.49. The van der Waals surface area contributed by atoms with Crippen LogP contribution < -0.4 is 4.74 Å². The molecule has 4 nitrogen and oxygen atoms in total. The lowest BCUT2D eigenvalue weighted by atomic mass is 9.77. The number of esters is 1. The molecule has 2 N–H and O–H groups in total. The van der Waals surface area contributed by atoms with Crippen molar-refractivity contribution >= 4 is 27.6 Å². The Balaban J connectivity index is 1.52. The van der Waals surface area contributed by atoms with Crippen LogP contribution in [0.25, 0.3) is 43.9 Å². The highest BCUT2D eigenvalue weighted by Gasteiger charge is 2.33. The van der Waals surface area contributed by atoms with Crippen LogP contribution in [0, 0.1) is 0 Å².